The van der Waals surface area contributed by atoms with Crippen molar-refractivity contribution in [3.05, 3.63) is 126 Å². The van der Waals surface area contributed by atoms with Crippen LogP contribution in [0.3, 0.4) is 0 Å². The Bertz CT molecular complexity index is 1060. The molecular weight excluding hydrogens is 372 g/mol. The molecule has 0 spiro atoms. The number of aryl methyl sites for hydroxylation is 1. The van der Waals surface area contributed by atoms with Gasteiger partial charge in [-0.15, -0.1) is 0 Å². The van der Waals surface area contributed by atoms with Crippen molar-refractivity contribution in [3.8, 4) is 0 Å². The maximum absolute atomic E-state index is 13.3. The van der Waals surface area contributed by atoms with E-state index in [4.69, 9.17) is 4.42 Å². The van der Waals surface area contributed by atoms with Crippen LogP contribution in [-0.4, -0.2) is 5.91 Å². The second kappa shape index (κ2) is 9.25. The molecule has 1 heterocycles. The van der Waals surface area contributed by atoms with Crippen molar-refractivity contribution in [1.82, 2.24) is 5.32 Å². The molecule has 30 heavy (non-hydrogen) atoms. The van der Waals surface area contributed by atoms with Gasteiger partial charge in [-0.3, -0.25) is 10.1 Å². The van der Waals surface area contributed by atoms with Gasteiger partial charge in [0.15, 0.2) is 0 Å². The molecule has 4 aromatic rings. The summed E-state index contributed by atoms with van der Waals surface area (Å²) in [6.07, 6.45) is 1.65. The Hall–Kier alpha value is -3.63. The van der Waals surface area contributed by atoms with E-state index in [0.29, 0.717) is 0 Å². The Kier molecular flexibility index (Phi) is 6.06. The summed E-state index contributed by atoms with van der Waals surface area (Å²) in [5, 5.41) is 6.55. The third-order valence-electron chi connectivity index (χ3n) is 5.01. The number of carbonyl (C=O) groups is 1. The first kappa shape index (κ1) is 19.7. The zero-order chi connectivity index (χ0) is 20.8. The van der Waals surface area contributed by atoms with Gasteiger partial charge in [-0.2, -0.15) is 0 Å². The summed E-state index contributed by atoms with van der Waals surface area (Å²) in [5.74, 6) is 0.628. The molecule has 0 saturated heterocycles. The van der Waals surface area contributed by atoms with E-state index >= 15 is 0 Å². The molecule has 0 radical (unpaired) electrons. The van der Waals surface area contributed by atoms with E-state index in [1.165, 1.54) is 0 Å². The van der Waals surface area contributed by atoms with Gasteiger partial charge >= 0.3 is 0 Å². The highest BCUT2D eigenvalue weighted by molar-refractivity contribution is 5.95. The number of amides is 1. The molecule has 1 aromatic heterocycles. The van der Waals surface area contributed by atoms with Crippen molar-refractivity contribution in [2.75, 3.05) is 5.32 Å². The number of nitrogens with one attached hydrogen (secondary N) is 2. The summed E-state index contributed by atoms with van der Waals surface area (Å²) in [6.45, 7) is 2.02. The molecule has 4 nitrogen and oxygen atoms in total. The lowest BCUT2D eigenvalue weighted by Crippen LogP contribution is -2.36. The molecule has 4 heteroatoms. The lowest BCUT2D eigenvalue weighted by molar-refractivity contribution is -0.118. The number of hydrogen-bond acceptors (Lipinski definition) is 3. The van der Waals surface area contributed by atoms with Gasteiger partial charge in [-0.05, 0) is 42.3 Å². The molecule has 1 amide bonds. The number of benzene rings is 3. The third-order valence-corrected chi connectivity index (χ3v) is 5.01. The van der Waals surface area contributed by atoms with Crippen molar-refractivity contribution in [2.24, 2.45) is 0 Å². The normalized spacial score (nSPS) is 12.8. The summed E-state index contributed by atoms with van der Waals surface area (Å²) in [5.41, 5.74) is 3.82. The highest BCUT2D eigenvalue weighted by Gasteiger charge is 2.27. The van der Waals surface area contributed by atoms with Crippen LogP contribution >= 0.6 is 0 Å². The predicted molar refractivity (Wildman–Crippen MR) is 119 cm³/mol. The van der Waals surface area contributed by atoms with Crippen LogP contribution in [0.5, 0.6) is 0 Å². The zero-order valence-corrected chi connectivity index (χ0v) is 16.8. The number of anilines is 1. The first-order chi connectivity index (χ1) is 14.7. The highest BCUT2D eigenvalue weighted by atomic mass is 16.3. The highest BCUT2D eigenvalue weighted by Crippen LogP contribution is 2.27. The van der Waals surface area contributed by atoms with Crippen molar-refractivity contribution in [2.45, 2.75) is 19.0 Å². The molecule has 0 aliphatic carbocycles. The molecule has 3 aromatic carbocycles. The minimum absolute atomic E-state index is 0.127. The average Bonchev–Trinajstić information content (AvgIpc) is 3.32. The number of carbonyl (C=O) groups excluding carboxylic acids is 1. The van der Waals surface area contributed by atoms with Crippen LogP contribution in [0.25, 0.3) is 0 Å². The molecule has 150 valence electrons. The van der Waals surface area contributed by atoms with Gasteiger partial charge in [0, 0.05) is 5.69 Å². The van der Waals surface area contributed by atoms with Gasteiger partial charge in [0.25, 0.3) is 0 Å². The lowest BCUT2D eigenvalue weighted by Gasteiger charge is -2.25. The van der Waals surface area contributed by atoms with Crippen LogP contribution in [0, 0.1) is 6.92 Å². The van der Waals surface area contributed by atoms with E-state index in [9.17, 15) is 4.79 Å². The minimum atomic E-state index is -0.567. The van der Waals surface area contributed by atoms with Gasteiger partial charge < -0.3 is 9.73 Å². The third kappa shape index (κ3) is 4.67. The Morgan fingerprint density at radius 3 is 2.00 bits per heavy atom. The van der Waals surface area contributed by atoms with Crippen molar-refractivity contribution in [1.29, 1.82) is 0 Å². The zero-order valence-electron chi connectivity index (χ0n) is 16.8. The van der Waals surface area contributed by atoms with Gasteiger partial charge in [0.1, 0.15) is 11.8 Å². The number of hydrogen-bond donors (Lipinski definition) is 2. The van der Waals surface area contributed by atoms with Crippen molar-refractivity contribution >= 4 is 11.6 Å². The van der Waals surface area contributed by atoms with E-state index in [-0.39, 0.29) is 11.9 Å². The Morgan fingerprint density at radius 2 is 1.40 bits per heavy atom. The first-order valence-electron chi connectivity index (χ1n) is 9.97. The SMILES string of the molecule is Cc1ccc(NC(=O)[C@@H](N[C@@H](c2ccccc2)c2ccco2)c2ccccc2)cc1. The number of rotatable bonds is 7. The largest absolute Gasteiger partial charge is 0.467 e. The summed E-state index contributed by atoms with van der Waals surface area (Å²) < 4.78 is 5.70. The monoisotopic (exact) mass is 396 g/mol. The second-order valence-electron chi connectivity index (χ2n) is 7.22. The standard InChI is InChI=1S/C26H24N2O2/c1-19-14-16-22(17-15-19)27-26(29)25(21-11-6-3-7-12-21)28-24(23-13-8-18-30-23)20-9-4-2-5-10-20/h2-18,24-25,28H,1H3,(H,27,29)/t24-,25-/m0/s1. The molecule has 0 bridgehead atoms. The van der Waals surface area contributed by atoms with Crippen LogP contribution in [0.1, 0.15) is 34.5 Å². The maximum Gasteiger partial charge on any atom is 0.246 e. The van der Waals surface area contributed by atoms with E-state index in [2.05, 4.69) is 10.6 Å². The minimum Gasteiger partial charge on any atom is -0.467 e. The van der Waals surface area contributed by atoms with E-state index < -0.39 is 6.04 Å². The van der Waals surface area contributed by atoms with Gasteiger partial charge in [0.05, 0.1) is 12.3 Å². The molecular formula is C26H24N2O2. The van der Waals surface area contributed by atoms with E-state index in [1.807, 2.05) is 104 Å². The topological polar surface area (TPSA) is 54.3 Å². The molecule has 2 N–H and O–H groups in total. The molecule has 2 atom stereocenters. The van der Waals surface area contributed by atoms with Gasteiger partial charge in [-0.1, -0.05) is 78.4 Å². The Labute approximate surface area is 176 Å². The summed E-state index contributed by atoms with van der Waals surface area (Å²) >= 11 is 0. The van der Waals surface area contributed by atoms with Crippen LogP contribution in [0.15, 0.2) is 108 Å². The van der Waals surface area contributed by atoms with Crippen molar-refractivity contribution < 1.29 is 9.21 Å². The second-order valence-corrected chi connectivity index (χ2v) is 7.22. The smallest absolute Gasteiger partial charge is 0.246 e. The van der Waals surface area contributed by atoms with Crippen LogP contribution in [0.4, 0.5) is 5.69 Å². The quantitative estimate of drug-likeness (QED) is 0.425. The van der Waals surface area contributed by atoms with E-state index in [0.717, 1.165) is 28.1 Å². The molecule has 4 rings (SSSR count). The van der Waals surface area contributed by atoms with Crippen LogP contribution in [-0.2, 0) is 4.79 Å². The lowest BCUT2D eigenvalue weighted by atomic mass is 10.00. The summed E-state index contributed by atoms with van der Waals surface area (Å²) in [6, 6.07) is 30.5. The van der Waals surface area contributed by atoms with Crippen LogP contribution < -0.4 is 10.6 Å². The van der Waals surface area contributed by atoms with E-state index in [1.54, 1.807) is 6.26 Å². The fourth-order valence-corrected chi connectivity index (χ4v) is 3.43. The molecule has 0 aliphatic heterocycles. The van der Waals surface area contributed by atoms with Crippen molar-refractivity contribution in [3.63, 3.8) is 0 Å². The maximum atomic E-state index is 13.3. The van der Waals surface area contributed by atoms with Crippen LogP contribution in [0.2, 0.25) is 0 Å². The average molecular weight is 396 g/mol. The fraction of sp³-hybridized carbons (Fsp3) is 0.115. The Balaban J connectivity index is 1.66. The molecule has 0 saturated carbocycles. The predicted octanol–water partition coefficient (Wildman–Crippen LogP) is 5.65. The summed E-state index contributed by atoms with van der Waals surface area (Å²) in [7, 11) is 0. The van der Waals surface area contributed by atoms with Gasteiger partial charge in [-0.25, -0.2) is 0 Å². The number of furan rings is 1. The van der Waals surface area contributed by atoms with Gasteiger partial charge in [0.2, 0.25) is 5.91 Å². The molecule has 0 unspecified atom stereocenters. The fourth-order valence-electron chi connectivity index (χ4n) is 3.43. The molecule has 0 fully saturated rings. The molecule has 0 aliphatic rings. The first-order valence-corrected chi connectivity index (χ1v) is 9.97. The summed E-state index contributed by atoms with van der Waals surface area (Å²) in [4.78, 5) is 13.3. The Morgan fingerprint density at radius 1 is 0.767 bits per heavy atom.